The van der Waals surface area contributed by atoms with Crippen molar-refractivity contribution >= 4 is 0 Å². The lowest BCUT2D eigenvalue weighted by atomic mass is 10.00. The number of aliphatic hydroxyl groups is 2. The van der Waals surface area contributed by atoms with Gasteiger partial charge in [-0.25, -0.2) is 0 Å². The van der Waals surface area contributed by atoms with Gasteiger partial charge in [0.2, 0.25) is 0 Å². The van der Waals surface area contributed by atoms with Gasteiger partial charge < -0.3 is 10.2 Å². The highest BCUT2D eigenvalue weighted by Crippen LogP contribution is 2.09. The van der Waals surface area contributed by atoms with E-state index in [0.29, 0.717) is 0 Å². The number of aliphatic hydroxyl groups excluding tert-OH is 1. The van der Waals surface area contributed by atoms with Gasteiger partial charge in [-0.2, -0.15) is 0 Å². The van der Waals surface area contributed by atoms with Crippen LogP contribution in [0.2, 0.25) is 0 Å². The van der Waals surface area contributed by atoms with E-state index >= 15 is 0 Å². The van der Waals surface area contributed by atoms with Crippen LogP contribution in [0.3, 0.4) is 0 Å². The second kappa shape index (κ2) is 4.21. The summed E-state index contributed by atoms with van der Waals surface area (Å²) in [5.74, 6) is 0.162. The Morgan fingerprint density at radius 2 is 1.58 bits per heavy atom. The van der Waals surface area contributed by atoms with Crippen LogP contribution >= 0.6 is 0 Å². The molecular formula is C9H21NO2. The minimum atomic E-state index is -0.796. The van der Waals surface area contributed by atoms with E-state index in [2.05, 4.69) is 5.32 Å². The van der Waals surface area contributed by atoms with Crippen LogP contribution in [0.4, 0.5) is 0 Å². The Bertz CT molecular complexity index is 129. The quantitative estimate of drug-likeness (QED) is 0.552. The van der Waals surface area contributed by atoms with Gasteiger partial charge in [0.25, 0.3) is 0 Å². The molecule has 0 bridgehead atoms. The third-order valence-electron chi connectivity index (χ3n) is 2.11. The first kappa shape index (κ1) is 11.9. The zero-order chi connectivity index (χ0) is 9.94. The highest BCUT2D eigenvalue weighted by molar-refractivity contribution is 4.80. The average Bonchev–Trinajstić information content (AvgIpc) is 1.85. The molecule has 2 atom stereocenters. The molecule has 0 aliphatic heterocycles. The van der Waals surface area contributed by atoms with E-state index in [0.717, 1.165) is 0 Å². The summed E-state index contributed by atoms with van der Waals surface area (Å²) in [5, 5.41) is 21.9. The van der Waals surface area contributed by atoms with Crippen LogP contribution in [0.15, 0.2) is 0 Å². The van der Waals surface area contributed by atoms with E-state index in [1.54, 1.807) is 13.8 Å². The molecule has 0 rings (SSSR count). The number of hydrogen-bond donors (Lipinski definition) is 3. The molecule has 3 nitrogen and oxygen atoms in total. The van der Waals surface area contributed by atoms with Gasteiger partial charge in [-0.1, -0.05) is 13.8 Å². The Hall–Kier alpha value is -0.120. The third-order valence-corrected chi connectivity index (χ3v) is 2.11. The van der Waals surface area contributed by atoms with E-state index in [9.17, 15) is 10.2 Å². The molecule has 0 saturated heterocycles. The fourth-order valence-corrected chi connectivity index (χ4v) is 0.653. The fraction of sp³-hybridized carbons (Fsp3) is 1.00. The normalized spacial score (nSPS) is 18.0. The Kier molecular flexibility index (Phi) is 4.17. The Balaban J connectivity index is 3.93. The summed E-state index contributed by atoms with van der Waals surface area (Å²) in [7, 11) is 0. The number of nitrogens with one attached hydrogen (secondary N) is 1. The summed E-state index contributed by atoms with van der Waals surface area (Å²) in [6.45, 7) is 9.14. The van der Waals surface area contributed by atoms with E-state index in [1.807, 2.05) is 20.8 Å². The van der Waals surface area contributed by atoms with Crippen LogP contribution in [0.25, 0.3) is 0 Å². The van der Waals surface area contributed by atoms with Crippen molar-refractivity contribution in [3.05, 3.63) is 0 Å². The lowest BCUT2D eigenvalue weighted by Gasteiger charge is -2.30. The monoisotopic (exact) mass is 175 g/mol. The highest BCUT2D eigenvalue weighted by Gasteiger charge is 2.24. The first-order chi connectivity index (χ1) is 5.25. The number of rotatable bonds is 4. The zero-order valence-corrected chi connectivity index (χ0v) is 8.63. The summed E-state index contributed by atoms with van der Waals surface area (Å²) in [5.41, 5.74) is -0.796. The van der Waals surface area contributed by atoms with E-state index < -0.39 is 11.8 Å². The third kappa shape index (κ3) is 4.04. The molecule has 74 valence electrons. The Morgan fingerprint density at radius 1 is 1.17 bits per heavy atom. The van der Waals surface area contributed by atoms with Crippen molar-refractivity contribution in [3.8, 4) is 0 Å². The van der Waals surface area contributed by atoms with Crippen molar-refractivity contribution in [3.63, 3.8) is 0 Å². The largest absolute Gasteiger partial charge is 0.389 e. The molecule has 3 N–H and O–H groups in total. The van der Waals surface area contributed by atoms with Crippen LogP contribution in [0.5, 0.6) is 0 Å². The van der Waals surface area contributed by atoms with Crippen LogP contribution in [0, 0.1) is 5.92 Å². The second-order valence-electron chi connectivity index (χ2n) is 4.23. The SMILES string of the molecule is CC(C)C(O)N[C@H](C)C(C)(C)O. The Morgan fingerprint density at radius 3 is 1.83 bits per heavy atom. The molecule has 12 heavy (non-hydrogen) atoms. The molecule has 0 fully saturated rings. The lowest BCUT2D eigenvalue weighted by Crippen LogP contribution is -2.50. The van der Waals surface area contributed by atoms with Crippen molar-refractivity contribution in [2.24, 2.45) is 5.92 Å². The predicted molar refractivity (Wildman–Crippen MR) is 49.7 cm³/mol. The van der Waals surface area contributed by atoms with Crippen molar-refractivity contribution in [1.29, 1.82) is 0 Å². The zero-order valence-electron chi connectivity index (χ0n) is 8.63. The van der Waals surface area contributed by atoms with E-state index in [4.69, 9.17) is 0 Å². The van der Waals surface area contributed by atoms with Crippen molar-refractivity contribution in [1.82, 2.24) is 5.32 Å². The van der Waals surface area contributed by atoms with Gasteiger partial charge in [-0.05, 0) is 26.7 Å². The van der Waals surface area contributed by atoms with Gasteiger partial charge in [0.15, 0.2) is 0 Å². The van der Waals surface area contributed by atoms with E-state index in [1.165, 1.54) is 0 Å². The number of hydrogen-bond acceptors (Lipinski definition) is 3. The summed E-state index contributed by atoms with van der Waals surface area (Å²) in [6.07, 6.45) is -0.550. The first-order valence-corrected chi connectivity index (χ1v) is 4.41. The maximum Gasteiger partial charge on any atom is 0.107 e. The van der Waals surface area contributed by atoms with Gasteiger partial charge in [0.1, 0.15) is 6.23 Å². The molecule has 0 aromatic carbocycles. The van der Waals surface area contributed by atoms with Crippen molar-refractivity contribution in [2.75, 3.05) is 0 Å². The molecule has 0 aliphatic rings. The highest BCUT2D eigenvalue weighted by atomic mass is 16.3. The maximum absolute atomic E-state index is 9.54. The summed E-state index contributed by atoms with van der Waals surface area (Å²) >= 11 is 0. The van der Waals surface area contributed by atoms with Crippen LogP contribution in [0.1, 0.15) is 34.6 Å². The lowest BCUT2D eigenvalue weighted by molar-refractivity contribution is 0.00116. The molecular weight excluding hydrogens is 154 g/mol. The topological polar surface area (TPSA) is 52.5 Å². The maximum atomic E-state index is 9.54. The Labute approximate surface area is 74.8 Å². The van der Waals surface area contributed by atoms with Crippen LogP contribution in [-0.4, -0.2) is 28.1 Å². The van der Waals surface area contributed by atoms with Gasteiger partial charge >= 0.3 is 0 Å². The molecule has 0 aromatic rings. The van der Waals surface area contributed by atoms with Crippen LogP contribution < -0.4 is 5.32 Å². The molecule has 0 amide bonds. The summed E-state index contributed by atoms with van der Waals surface area (Å²) < 4.78 is 0. The van der Waals surface area contributed by atoms with Gasteiger partial charge in [0, 0.05) is 6.04 Å². The molecule has 1 unspecified atom stereocenters. The standard InChI is InChI=1S/C9H21NO2/c1-6(2)8(11)10-7(3)9(4,5)12/h6-8,10-12H,1-5H3/t7-,8?/m1/s1. The van der Waals surface area contributed by atoms with Crippen LogP contribution in [-0.2, 0) is 0 Å². The molecule has 0 heterocycles. The smallest absolute Gasteiger partial charge is 0.107 e. The van der Waals surface area contributed by atoms with Crippen molar-refractivity contribution < 1.29 is 10.2 Å². The molecule has 0 spiro atoms. The first-order valence-electron chi connectivity index (χ1n) is 4.41. The summed E-state index contributed by atoms with van der Waals surface area (Å²) in [6, 6.07) is -0.116. The van der Waals surface area contributed by atoms with Crippen molar-refractivity contribution in [2.45, 2.75) is 52.5 Å². The average molecular weight is 175 g/mol. The van der Waals surface area contributed by atoms with Gasteiger partial charge in [0.05, 0.1) is 5.60 Å². The fourth-order valence-electron chi connectivity index (χ4n) is 0.653. The molecule has 0 aliphatic carbocycles. The minimum Gasteiger partial charge on any atom is -0.389 e. The molecule has 0 saturated carbocycles. The minimum absolute atomic E-state index is 0.116. The van der Waals surface area contributed by atoms with E-state index in [-0.39, 0.29) is 12.0 Å². The van der Waals surface area contributed by atoms with Gasteiger partial charge in [-0.15, -0.1) is 0 Å². The van der Waals surface area contributed by atoms with Gasteiger partial charge in [-0.3, -0.25) is 5.32 Å². The molecule has 3 heteroatoms. The second-order valence-corrected chi connectivity index (χ2v) is 4.23. The molecule has 0 aromatic heterocycles. The summed E-state index contributed by atoms with van der Waals surface area (Å²) in [4.78, 5) is 0. The predicted octanol–water partition coefficient (Wildman–Crippen LogP) is 0.710. The molecule has 0 radical (unpaired) electrons.